The quantitative estimate of drug-likeness (QED) is 0.0473. The zero-order chi connectivity index (χ0) is 41.2. The molecule has 13 heteroatoms. The first-order valence-electron chi connectivity index (χ1n) is 20.1. The summed E-state index contributed by atoms with van der Waals surface area (Å²) in [7, 11) is 0. The van der Waals surface area contributed by atoms with Crippen molar-refractivity contribution in [3.63, 3.8) is 0 Å². The van der Waals surface area contributed by atoms with Crippen LogP contribution < -0.4 is 4.74 Å². The fraction of sp³-hybridized carbons (Fsp3) is 0.444. The number of fused-ring (bicyclic) bond motifs is 2. The molecule has 6 atom stereocenters. The van der Waals surface area contributed by atoms with Crippen LogP contribution in [0.5, 0.6) is 11.5 Å². The van der Waals surface area contributed by atoms with Crippen LogP contribution in [0.2, 0.25) is 0 Å². The average Bonchev–Trinajstić information content (AvgIpc) is 3.23. The van der Waals surface area contributed by atoms with Gasteiger partial charge in [-0.3, -0.25) is 14.9 Å². The molecule has 3 N–H and O–H groups in total. The van der Waals surface area contributed by atoms with Gasteiger partial charge in [-0.2, -0.15) is 5.26 Å². The third-order valence-corrected chi connectivity index (χ3v) is 11.6. The minimum absolute atomic E-state index is 0.00923. The zero-order valence-corrected chi connectivity index (χ0v) is 32.9. The number of allylic oxidation sites excluding steroid dienone is 1. The number of nitrogens with zero attached hydrogens (tertiary/aromatic N) is 4. The number of carbonyl (C=O) groups is 1. The molecule has 1 heterocycles. The van der Waals surface area contributed by atoms with Gasteiger partial charge in [0.15, 0.2) is 0 Å². The highest BCUT2D eigenvalue weighted by molar-refractivity contribution is 6.03. The van der Waals surface area contributed by atoms with Crippen LogP contribution in [-0.2, 0) is 16.2 Å². The molecule has 13 nitrogen and oxygen atoms in total. The lowest BCUT2D eigenvalue weighted by Gasteiger charge is -2.60. The Morgan fingerprint density at radius 2 is 1.81 bits per heavy atom. The molecule has 1 saturated carbocycles. The molecule has 0 spiro atoms. The van der Waals surface area contributed by atoms with Crippen LogP contribution in [0, 0.1) is 39.2 Å². The van der Waals surface area contributed by atoms with Gasteiger partial charge in [-0.1, -0.05) is 37.1 Å². The van der Waals surface area contributed by atoms with Crippen molar-refractivity contribution in [2.45, 2.75) is 82.6 Å². The number of carbonyl (C=O) groups excluding carboxylic acids is 1. The molecular formula is C45H52N4O9. The van der Waals surface area contributed by atoms with E-state index < -0.39 is 22.7 Å². The number of benzene rings is 3. The number of hydrogen-bond acceptors (Lipinski definition) is 11. The summed E-state index contributed by atoms with van der Waals surface area (Å²) < 4.78 is 14.1. The van der Waals surface area contributed by atoms with E-state index in [0.29, 0.717) is 54.0 Å². The molecule has 1 amide bonds. The Labute approximate surface area is 339 Å². The smallest absolute Gasteiger partial charge is 0.269 e. The van der Waals surface area contributed by atoms with Crippen molar-refractivity contribution in [3.8, 4) is 17.6 Å². The number of aromatic hydroxyl groups is 1. The molecule has 0 bridgehead atoms. The van der Waals surface area contributed by atoms with E-state index in [0.717, 1.165) is 36.8 Å². The van der Waals surface area contributed by atoms with Gasteiger partial charge >= 0.3 is 0 Å². The molecule has 1 fully saturated rings. The van der Waals surface area contributed by atoms with Gasteiger partial charge in [0.25, 0.3) is 11.6 Å². The number of nitro groups is 1. The number of ether oxygens (including phenoxy) is 2. The minimum Gasteiger partial charge on any atom is -0.508 e. The molecule has 0 unspecified atom stereocenters. The van der Waals surface area contributed by atoms with E-state index in [4.69, 9.17) is 19.5 Å². The molecule has 0 saturated heterocycles. The molecular weight excluding hydrogens is 741 g/mol. The summed E-state index contributed by atoms with van der Waals surface area (Å²) in [5.41, 5.74) is 3.72. The van der Waals surface area contributed by atoms with Crippen molar-refractivity contribution < 1.29 is 39.3 Å². The second-order valence-electron chi connectivity index (χ2n) is 15.2. The summed E-state index contributed by atoms with van der Waals surface area (Å²) in [6, 6.07) is 19.1. The van der Waals surface area contributed by atoms with Gasteiger partial charge in [0.05, 0.1) is 34.8 Å². The van der Waals surface area contributed by atoms with E-state index in [1.54, 1.807) is 65.6 Å². The van der Waals surface area contributed by atoms with E-state index in [9.17, 15) is 35.5 Å². The average molecular weight is 793 g/mol. The number of non-ortho nitro benzene ring substituents is 1. The van der Waals surface area contributed by atoms with Crippen LogP contribution in [-0.4, -0.2) is 75.0 Å². The summed E-state index contributed by atoms with van der Waals surface area (Å²) in [6.45, 7) is 6.56. The van der Waals surface area contributed by atoms with Gasteiger partial charge in [0.2, 0.25) is 5.79 Å². The lowest BCUT2D eigenvalue weighted by Crippen LogP contribution is -2.70. The third-order valence-electron chi connectivity index (χ3n) is 11.6. The van der Waals surface area contributed by atoms with E-state index in [1.165, 1.54) is 12.1 Å². The number of unbranched alkanes of at least 4 members (excludes halogenated alkanes) is 2. The van der Waals surface area contributed by atoms with Gasteiger partial charge in [0, 0.05) is 55.4 Å². The van der Waals surface area contributed by atoms with Crippen LogP contribution in [0.1, 0.15) is 91.3 Å². The van der Waals surface area contributed by atoms with Crippen LogP contribution in [0.3, 0.4) is 0 Å². The highest BCUT2D eigenvalue weighted by atomic mass is 16.7. The Bertz CT molecular complexity index is 2030. The lowest BCUT2D eigenvalue weighted by atomic mass is 9.55. The third kappa shape index (κ3) is 8.79. The summed E-state index contributed by atoms with van der Waals surface area (Å²) in [4.78, 5) is 33.5. The summed E-state index contributed by atoms with van der Waals surface area (Å²) in [6.07, 6.45) is 8.98. The Morgan fingerprint density at radius 3 is 2.47 bits per heavy atom. The second kappa shape index (κ2) is 19.3. The Balaban J connectivity index is 1.56. The highest BCUT2D eigenvalue weighted by Gasteiger charge is 2.65. The lowest BCUT2D eigenvalue weighted by molar-refractivity contribution is -0.384. The molecule has 6 rings (SSSR count). The van der Waals surface area contributed by atoms with Crippen molar-refractivity contribution in [1.29, 1.82) is 5.26 Å². The number of aliphatic hydroxyl groups excluding tert-OH is 2. The first-order chi connectivity index (χ1) is 28.2. The van der Waals surface area contributed by atoms with Crippen LogP contribution in [0.25, 0.3) is 0 Å². The largest absolute Gasteiger partial charge is 0.508 e. The molecule has 0 aromatic heterocycles. The molecule has 0 radical (unpaired) electrons. The van der Waals surface area contributed by atoms with Gasteiger partial charge < -0.3 is 34.5 Å². The van der Waals surface area contributed by atoms with Crippen LogP contribution >= 0.6 is 0 Å². The molecule has 3 aromatic rings. The number of hydrogen-bond donors (Lipinski definition) is 3. The molecule has 2 aliphatic carbocycles. The van der Waals surface area contributed by atoms with Crippen molar-refractivity contribution in [2.24, 2.45) is 22.9 Å². The maximum atomic E-state index is 14.8. The van der Waals surface area contributed by atoms with Crippen LogP contribution in [0.4, 0.5) is 5.69 Å². The molecule has 306 valence electrons. The van der Waals surface area contributed by atoms with Crippen molar-refractivity contribution in [2.75, 3.05) is 26.4 Å². The molecule has 3 aromatic carbocycles. The Morgan fingerprint density at radius 1 is 1.09 bits per heavy atom. The summed E-state index contributed by atoms with van der Waals surface area (Å²) in [5, 5.41) is 56.2. The standard InChI is InChI=1S/C45H52N4O9/c1-3-21-48(44(53)32-15-11-30(28-46)12-16-32)41-27-39(47-57-29-31-13-17-34(18-14-31)49(54)55)37-25-33(9-5-7-22-50)36(10-6-8-23-51)42-38-26-35(52)19-20-40(38)58-45(41,43(37)42)56-24-4-2/h4,11-20,25-26,33,36,41-43,50-52H,2-3,5-10,21-24,27,29H2,1H3/t33-,36+,41-,42+,43+,45+/m0/s1. The van der Waals surface area contributed by atoms with Gasteiger partial charge in [-0.25, -0.2) is 0 Å². The topological polar surface area (TPSA) is 188 Å². The number of nitro benzene ring substituents is 1. The Kier molecular flexibility index (Phi) is 14.0. The van der Waals surface area contributed by atoms with E-state index in [2.05, 4.69) is 18.7 Å². The van der Waals surface area contributed by atoms with Crippen LogP contribution in [0.15, 0.2) is 96.2 Å². The van der Waals surface area contributed by atoms with E-state index in [1.807, 2.05) is 6.92 Å². The number of phenolic OH excluding ortho intramolecular Hbond substituents is 1. The maximum Gasteiger partial charge on any atom is 0.269 e. The minimum atomic E-state index is -1.46. The van der Waals surface area contributed by atoms with E-state index >= 15 is 0 Å². The number of nitriles is 1. The second-order valence-corrected chi connectivity index (χ2v) is 15.2. The monoisotopic (exact) mass is 792 g/mol. The van der Waals surface area contributed by atoms with Crippen molar-refractivity contribution in [3.05, 3.63) is 123 Å². The number of oxime groups is 1. The summed E-state index contributed by atoms with van der Waals surface area (Å²) >= 11 is 0. The number of phenols is 1. The molecule has 58 heavy (non-hydrogen) atoms. The number of aliphatic hydroxyl groups is 2. The first-order valence-corrected chi connectivity index (χ1v) is 20.1. The van der Waals surface area contributed by atoms with E-state index in [-0.39, 0.29) is 67.9 Å². The zero-order valence-electron chi connectivity index (χ0n) is 32.9. The predicted molar refractivity (Wildman–Crippen MR) is 217 cm³/mol. The predicted octanol–water partition coefficient (Wildman–Crippen LogP) is 7.56. The Hall–Kier alpha value is -5.55. The fourth-order valence-corrected chi connectivity index (χ4v) is 9.05. The molecule has 3 aliphatic rings. The van der Waals surface area contributed by atoms with Crippen molar-refractivity contribution >= 4 is 17.3 Å². The first kappa shape index (κ1) is 42.1. The summed E-state index contributed by atoms with van der Waals surface area (Å²) in [5.74, 6) is -1.97. The van der Waals surface area contributed by atoms with Gasteiger partial charge in [-0.05, 0) is 110 Å². The maximum absolute atomic E-state index is 14.8. The number of rotatable bonds is 19. The molecule has 1 aliphatic heterocycles. The SMILES string of the molecule is C=CCO[C@@]12Oc3ccc(O)cc3[C@H]3[C@H](CCCCO)[C@@H](CCCCO)C=C(C(=NOCc4ccc([N+](=O)[O-])cc4)C[C@@H]1N(CCC)C(=O)c1ccc(C#N)cc1)[C@H]32. The van der Waals surface area contributed by atoms with Gasteiger partial charge in [-0.15, -0.1) is 6.58 Å². The normalized spacial score (nSPS) is 23.7. The van der Waals surface area contributed by atoms with Gasteiger partial charge in [0.1, 0.15) is 24.1 Å². The fourth-order valence-electron chi connectivity index (χ4n) is 9.05. The number of amides is 1. The van der Waals surface area contributed by atoms with Crippen molar-refractivity contribution in [1.82, 2.24) is 4.90 Å². The highest BCUT2D eigenvalue weighted by Crippen LogP contribution is 2.62.